The number of benzene rings is 2. The molecular weight excluding hydrogens is 394 g/mol. The summed E-state index contributed by atoms with van der Waals surface area (Å²) in [5, 5.41) is 0. The van der Waals surface area contributed by atoms with Gasteiger partial charge in [0.25, 0.3) is 11.8 Å². The van der Waals surface area contributed by atoms with Gasteiger partial charge in [-0.2, -0.15) is 0 Å². The first kappa shape index (κ1) is 20.7. The Morgan fingerprint density at radius 2 is 1.83 bits per heavy atom. The number of nitrogens with one attached hydrogen (secondary N) is 2. The van der Waals surface area contributed by atoms with E-state index in [9.17, 15) is 18.0 Å². The minimum Gasteiger partial charge on any atom is -0.484 e. The van der Waals surface area contributed by atoms with Crippen LogP contribution in [0.3, 0.4) is 0 Å². The third-order valence-electron chi connectivity index (χ3n) is 4.61. The lowest BCUT2D eigenvalue weighted by molar-refractivity contribution is -0.123. The summed E-state index contributed by atoms with van der Waals surface area (Å²) < 4.78 is 30.3. The summed E-state index contributed by atoms with van der Waals surface area (Å²) in [6.07, 6.45) is 2.60. The fraction of sp³-hybridized carbons (Fsp3) is 0.300. The van der Waals surface area contributed by atoms with E-state index in [1.165, 1.54) is 15.9 Å². The molecule has 1 heterocycles. The number of rotatable bonds is 6. The van der Waals surface area contributed by atoms with E-state index in [2.05, 4.69) is 17.8 Å². The summed E-state index contributed by atoms with van der Waals surface area (Å²) in [5.41, 5.74) is 7.49. The van der Waals surface area contributed by atoms with Gasteiger partial charge < -0.3 is 4.74 Å². The monoisotopic (exact) mass is 417 g/mol. The molecule has 0 atom stereocenters. The number of amides is 2. The van der Waals surface area contributed by atoms with Crippen LogP contribution in [0.1, 0.15) is 28.4 Å². The van der Waals surface area contributed by atoms with Crippen molar-refractivity contribution in [1.82, 2.24) is 10.9 Å². The van der Waals surface area contributed by atoms with E-state index in [-0.39, 0.29) is 6.61 Å². The van der Waals surface area contributed by atoms with Crippen LogP contribution < -0.4 is 19.9 Å². The van der Waals surface area contributed by atoms with E-state index in [1.54, 1.807) is 24.3 Å². The predicted octanol–water partition coefficient (Wildman–Crippen LogP) is 1.41. The number of hydrogen-bond acceptors (Lipinski definition) is 5. The van der Waals surface area contributed by atoms with Gasteiger partial charge in [0.2, 0.25) is 10.0 Å². The Kier molecular flexibility index (Phi) is 6.07. The number of hydrogen-bond donors (Lipinski definition) is 2. The first-order chi connectivity index (χ1) is 13.8. The standard InChI is InChI=1S/C20H23N3O5S/c1-3-14-4-7-17(8-5-14)28-13-19(24)21-22-20(25)16-6-9-18-15(12-16)10-11-23(18)29(2,26)27/h4-9,12H,3,10-11,13H2,1-2H3,(H,21,24)(H,22,25). The summed E-state index contributed by atoms with van der Waals surface area (Å²) in [6.45, 7) is 2.17. The van der Waals surface area contributed by atoms with Crippen LogP contribution in [-0.2, 0) is 27.7 Å². The summed E-state index contributed by atoms with van der Waals surface area (Å²) in [6, 6.07) is 12.2. The van der Waals surface area contributed by atoms with E-state index in [4.69, 9.17) is 4.74 Å². The Hall–Kier alpha value is -3.07. The number of ether oxygens (including phenoxy) is 1. The molecule has 0 aromatic heterocycles. The molecule has 0 bridgehead atoms. The Morgan fingerprint density at radius 1 is 1.10 bits per heavy atom. The molecule has 0 aliphatic carbocycles. The van der Waals surface area contributed by atoms with Crippen molar-refractivity contribution in [3.05, 3.63) is 59.2 Å². The van der Waals surface area contributed by atoms with Crippen LogP contribution in [0.4, 0.5) is 5.69 Å². The highest BCUT2D eigenvalue weighted by Crippen LogP contribution is 2.30. The molecule has 2 aromatic carbocycles. The maximum atomic E-state index is 12.3. The molecule has 1 aliphatic rings. The van der Waals surface area contributed by atoms with E-state index in [0.29, 0.717) is 30.0 Å². The molecule has 0 saturated heterocycles. The van der Waals surface area contributed by atoms with Crippen molar-refractivity contribution in [2.24, 2.45) is 0 Å². The largest absolute Gasteiger partial charge is 0.484 e. The predicted molar refractivity (Wildman–Crippen MR) is 109 cm³/mol. The van der Waals surface area contributed by atoms with Gasteiger partial charge in [-0.1, -0.05) is 19.1 Å². The van der Waals surface area contributed by atoms with Crippen LogP contribution in [0.25, 0.3) is 0 Å². The van der Waals surface area contributed by atoms with Crippen LogP contribution in [0.2, 0.25) is 0 Å². The fourth-order valence-corrected chi connectivity index (χ4v) is 4.02. The molecule has 2 amide bonds. The lowest BCUT2D eigenvalue weighted by Gasteiger charge is -2.16. The van der Waals surface area contributed by atoms with Gasteiger partial charge in [0, 0.05) is 12.1 Å². The average molecular weight is 417 g/mol. The Bertz CT molecular complexity index is 1020. The van der Waals surface area contributed by atoms with Crippen molar-refractivity contribution in [2.45, 2.75) is 19.8 Å². The Balaban J connectivity index is 1.52. The first-order valence-electron chi connectivity index (χ1n) is 9.19. The second-order valence-corrected chi connectivity index (χ2v) is 8.62. The van der Waals surface area contributed by atoms with Crippen molar-refractivity contribution < 1.29 is 22.7 Å². The lowest BCUT2D eigenvalue weighted by Crippen LogP contribution is -2.43. The van der Waals surface area contributed by atoms with Crippen LogP contribution in [-0.4, -0.2) is 39.6 Å². The zero-order valence-corrected chi connectivity index (χ0v) is 17.1. The zero-order valence-electron chi connectivity index (χ0n) is 16.3. The molecule has 154 valence electrons. The third-order valence-corrected chi connectivity index (χ3v) is 5.79. The normalized spacial score (nSPS) is 13.0. The van der Waals surface area contributed by atoms with Gasteiger partial charge in [0.15, 0.2) is 6.61 Å². The van der Waals surface area contributed by atoms with E-state index in [0.717, 1.165) is 18.2 Å². The van der Waals surface area contributed by atoms with Gasteiger partial charge in [-0.15, -0.1) is 0 Å². The van der Waals surface area contributed by atoms with Crippen molar-refractivity contribution in [2.75, 3.05) is 23.7 Å². The number of sulfonamides is 1. The molecule has 3 rings (SSSR count). The molecule has 29 heavy (non-hydrogen) atoms. The van der Waals surface area contributed by atoms with Gasteiger partial charge in [-0.3, -0.25) is 24.7 Å². The second-order valence-electron chi connectivity index (χ2n) is 6.72. The molecule has 2 aromatic rings. The van der Waals surface area contributed by atoms with Gasteiger partial charge in [0.05, 0.1) is 11.9 Å². The summed E-state index contributed by atoms with van der Waals surface area (Å²) in [5.74, 6) is -0.425. The van der Waals surface area contributed by atoms with Crippen LogP contribution in [0.15, 0.2) is 42.5 Å². The van der Waals surface area contributed by atoms with Gasteiger partial charge in [-0.05, 0) is 54.3 Å². The van der Waals surface area contributed by atoms with Gasteiger partial charge in [-0.25, -0.2) is 8.42 Å². The summed E-state index contributed by atoms with van der Waals surface area (Å²) in [4.78, 5) is 24.2. The maximum absolute atomic E-state index is 12.3. The Morgan fingerprint density at radius 3 is 2.48 bits per heavy atom. The van der Waals surface area contributed by atoms with Crippen molar-refractivity contribution in [3.63, 3.8) is 0 Å². The minimum absolute atomic E-state index is 0.237. The molecule has 0 radical (unpaired) electrons. The highest BCUT2D eigenvalue weighted by molar-refractivity contribution is 7.92. The third kappa shape index (κ3) is 5.05. The Labute approximate surface area is 169 Å². The lowest BCUT2D eigenvalue weighted by atomic mass is 10.1. The molecule has 8 nitrogen and oxygen atoms in total. The minimum atomic E-state index is -3.34. The maximum Gasteiger partial charge on any atom is 0.276 e. The number of hydrazine groups is 1. The summed E-state index contributed by atoms with van der Waals surface area (Å²) in [7, 11) is -3.34. The number of anilines is 1. The van der Waals surface area contributed by atoms with E-state index >= 15 is 0 Å². The number of carbonyl (C=O) groups excluding carboxylic acids is 2. The number of carbonyl (C=O) groups is 2. The zero-order chi connectivity index (χ0) is 21.0. The highest BCUT2D eigenvalue weighted by atomic mass is 32.2. The van der Waals surface area contributed by atoms with E-state index in [1.807, 2.05) is 12.1 Å². The average Bonchev–Trinajstić information content (AvgIpc) is 3.14. The first-order valence-corrected chi connectivity index (χ1v) is 11.0. The smallest absolute Gasteiger partial charge is 0.276 e. The summed E-state index contributed by atoms with van der Waals surface area (Å²) >= 11 is 0. The van der Waals surface area contributed by atoms with Crippen molar-refractivity contribution in [3.8, 4) is 5.75 Å². The quantitative estimate of drug-likeness (QED) is 0.692. The number of fused-ring (bicyclic) bond motifs is 1. The molecule has 0 saturated carbocycles. The number of nitrogens with zero attached hydrogens (tertiary/aromatic N) is 1. The van der Waals surface area contributed by atoms with Crippen molar-refractivity contribution >= 4 is 27.5 Å². The molecule has 9 heteroatoms. The van der Waals surface area contributed by atoms with Gasteiger partial charge >= 0.3 is 0 Å². The SMILES string of the molecule is CCc1ccc(OCC(=O)NNC(=O)c2ccc3c(c2)CCN3S(C)(=O)=O)cc1. The molecule has 0 unspecified atom stereocenters. The topological polar surface area (TPSA) is 105 Å². The van der Waals surface area contributed by atoms with E-state index < -0.39 is 21.8 Å². The number of aryl methyl sites for hydroxylation is 1. The van der Waals surface area contributed by atoms with Crippen LogP contribution in [0.5, 0.6) is 5.75 Å². The fourth-order valence-electron chi connectivity index (χ4n) is 3.06. The molecule has 0 spiro atoms. The van der Waals surface area contributed by atoms with Crippen LogP contribution >= 0.6 is 0 Å². The van der Waals surface area contributed by atoms with Gasteiger partial charge in [0.1, 0.15) is 5.75 Å². The molecule has 2 N–H and O–H groups in total. The molecule has 1 aliphatic heterocycles. The van der Waals surface area contributed by atoms with Crippen molar-refractivity contribution in [1.29, 1.82) is 0 Å². The highest BCUT2D eigenvalue weighted by Gasteiger charge is 2.26. The molecule has 0 fully saturated rings. The van der Waals surface area contributed by atoms with Crippen LogP contribution in [0, 0.1) is 0 Å². The molecular formula is C20H23N3O5S. The second kappa shape index (κ2) is 8.52.